The molecular formula is C22H16F3N3O. The molecule has 0 amide bonds. The lowest BCUT2D eigenvalue weighted by molar-refractivity contribution is -0.137. The molecule has 0 spiro atoms. The molecule has 7 heteroatoms. The van der Waals surface area contributed by atoms with Crippen molar-refractivity contribution in [2.45, 2.75) is 12.2 Å². The van der Waals surface area contributed by atoms with Gasteiger partial charge >= 0.3 is 6.18 Å². The largest absolute Gasteiger partial charge is 0.505 e. The standard InChI is InChI=1S/C22H16F3N3O/c23-22(24,25)16-6-1-7-17(12-16)28-19(15-5-2-10-26-13-15)18-9-8-14-4-3-11-27-20(14)21(18)29/h1-13,19,28-29H/t19-/m0/s1. The topological polar surface area (TPSA) is 58.0 Å². The predicted octanol–water partition coefficient (Wildman–Crippen LogP) is 5.56. The Bertz CT molecular complexity index is 1150. The lowest BCUT2D eigenvalue weighted by Gasteiger charge is -2.22. The number of rotatable bonds is 4. The fraction of sp³-hybridized carbons (Fsp3) is 0.0909. The Morgan fingerprint density at radius 2 is 1.76 bits per heavy atom. The van der Waals surface area contributed by atoms with Crippen LogP contribution in [0.5, 0.6) is 5.75 Å². The number of aromatic nitrogens is 2. The molecule has 29 heavy (non-hydrogen) atoms. The Kier molecular flexibility index (Phi) is 4.80. The van der Waals surface area contributed by atoms with Crippen LogP contribution in [0.4, 0.5) is 18.9 Å². The van der Waals surface area contributed by atoms with Crippen molar-refractivity contribution in [1.82, 2.24) is 9.97 Å². The van der Waals surface area contributed by atoms with E-state index in [1.54, 1.807) is 48.9 Å². The first-order valence-corrected chi connectivity index (χ1v) is 8.84. The SMILES string of the molecule is Oc1c([C@@H](Nc2cccc(C(F)(F)F)c2)c2cccnc2)ccc2cccnc12. The summed E-state index contributed by atoms with van der Waals surface area (Å²) in [6.07, 6.45) is 0.335. The van der Waals surface area contributed by atoms with Gasteiger partial charge in [-0.05, 0) is 35.9 Å². The Balaban J connectivity index is 1.81. The van der Waals surface area contributed by atoms with Gasteiger partial charge in [0, 0.05) is 35.2 Å². The third kappa shape index (κ3) is 3.85. The number of alkyl halides is 3. The minimum absolute atomic E-state index is 0.0311. The Morgan fingerprint density at radius 3 is 2.52 bits per heavy atom. The monoisotopic (exact) mass is 395 g/mol. The number of fused-ring (bicyclic) bond motifs is 1. The van der Waals surface area contributed by atoms with Gasteiger partial charge in [0.15, 0.2) is 0 Å². The quantitative estimate of drug-likeness (QED) is 0.475. The van der Waals surface area contributed by atoms with Crippen LogP contribution in [0.3, 0.4) is 0 Å². The number of nitrogens with one attached hydrogen (secondary N) is 1. The van der Waals surface area contributed by atoms with E-state index in [-0.39, 0.29) is 11.4 Å². The Morgan fingerprint density at radius 1 is 0.931 bits per heavy atom. The van der Waals surface area contributed by atoms with Gasteiger partial charge in [-0.15, -0.1) is 0 Å². The fourth-order valence-electron chi connectivity index (χ4n) is 3.22. The molecule has 4 nitrogen and oxygen atoms in total. The van der Waals surface area contributed by atoms with Gasteiger partial charge in [-0.25, -0.2) is 0 Å². The van der Waals surface area contributed by atoms with E-state index in [1.807, 2.05) is 12.1 Å². The molecule has 0 aliphatic rings. The summed E-state index contributed by atoms with van der Waals surface area (Å²) in [7, 11) is 0. The number of phenolic OH excluding ortho intramolecular Hbond substituents is 1. The van der Waals surface area contributed by atoms with Gasteiger partial charge in [0.1, 0.15) is 11.3 Å². The van der Waals surface area contributed by atoms with Crippen LogP contribution < -0.4 is 5.32 Å². The van der Waals surface area contributed by atoms with Gasteiger partial charge in [0.2, 0.25) is 0 Å². The van der Waals surface area contributed by atoms with Gasteiger partial charge < -0.3 is 10.4 Å². The molecule has 1 atom stereocenters. The van der Waals surface area contributed by atoms with E-state index in [1.165, 1.54) is 6.07 Å². The average molecular weight is 395 g/mol. The molecular weight excluding hydrogens is 379 g/mol. The van der Waals surface area contributed by atoms with E-state index in [0.717, 1.165) is 17.5 Å². The third-order valence-electron chi connectivity index (χ3n) is 4.61. The van der Waals surface area contributed by atoms with Crippen molar-refractivity contribution >= 4 is 16.6 Å². The summed E-state index contributed by atoms with van der Waals surface area (Å²) in [5, 5.41) is 14.7. The first-order chi connectivity index (χ1) is 13.9. The Labute approximate surface area is 164 Å². The van der Waals surface area contributed by atoms with Crippen molar-refractivity contribution in [3.63, 3.8) is 0 Å². The number of hydrogen-bond donors (Lipinski definition) is 2. The molecule has 146 valence electrons. The highest BCUT2D eigenvalue weighted by Crippen LogP contribution is 2.37. The number of anilines is 1. The molecule has 0 fully saturated rings. The highest BCUT2D eigenvalue weighted by Gasteiger charge is 2.30. The van der Waals surface area contributed by atoms with Crippen LogP contribution in [-0.4, -0.2) is 15.1 Å². The maximum Gasteiger partial charge on any atom is 0.416 e. The fourth-order valence-corrected chi connectivity index (χ4v) is 3.22. The zero-order valence-electron chi connectivity index (χ0n) is 15.1. The normalized spacial score (nSPS) is 12.7. The van der Waals surface area contributed by atoms with Crippen LogP contribution in [0.15, 0.2) is 79.3 Å². The van der Waals surface area contributed by atoms with E-state index in [0.29, 0.717) is 16.6 Å². The molecule has 0 radical (unpaired) electrons. The van der Waals surface area contributed by atoms with Gasteiger partial charge in [-0.3, -0.25) is 9.97 Å². The molecule has 4 rings (SSSR count). The van der Waals surface area contributed by atoms with Gasteiger partial charge in [-0.1, -0.05) is 30.3 Å². The second-order valence-electron chi connectivity index (χ2n) is 6.52. The second kappa shape index (κ2) is 7.43. The van der Waals surface area contributed by atoms with E-state index >= 15 is 0 Å². The third-order valence-corrected chi connectivity index (χ3v) is 4.61. The Hall–Kier alpha value is -3.61. The summed E-state index contributed by atoms with van der Waals surface area (Å²) >= 11 is 0. The van der Waals surface area contributed by atoms with E-state index < -0.39 is 17.8 Å². The zero-order chi connectivity index (χ0) is 20.4. The van der Waals surface area contributed by atoms with Gasteiger partial charge in [0.05, 0.1) is 11.6 Å². The molecule has 2 aromatic heterocycles. The highest BCUT2D eigenvalue weighted by molar-refractivity contribution is 5.86. The smallest absolute Gasteiger partial charge is 0.416 e. The molecule has 4 aromatic rings. The summed E-state index contributed by atoms with van der Waals surface area (Å²) < 4.78 is 39.3. The number of phenols is 1. The summed E-state index contributed by atoms with van der Waals surface area (Å²) in [6.45, 7) is 0. The summed E-state index contributed by atoms with van der Waals surface area (Å²) in [5.41, 5.74) is 1.12. The molecule has 0 aliphatic heterocycles. The maximum absolute atomic E-state index is 13.1. The number of aromatic hydroxyl groups is 1. The number of halogens is 3. The highest BCUT2D eigenvalue weighted by atomic mass is 19.4. The van der Waals surface area contributed by atoms with E-state index in [9.17, 15) is 18.3 Å². The molecule has 0 unspecified atom stereocenters. The van der Waals surface area contributed by atoms with Crippen molar-refractivity contribution in [1.29, 1.82) is 0 Å². The number of nitrogens with zero attached hydrogens (tertiary/aromatic N) is 2. The van der Waals surface area contributed by atoms with Gasteiger partial charge in [-0.2, -0.15) is 13.2 Å². The molecule has 2 heterocycles. The number of pyridine rings is 2. The molecule has 0 aliphatic carbocycles. The molecule has 0 bridgehead atoms. The van der Waals surface area contributed by atoms with Crippen LogP contribution in [0.25, 0.3) is 10.9 Å². The van der Waals surface area contributed by atoms with Crippen molar-refractivity contribution in [3.8, 4) is 5.75 Å². The number of hydrogen-bond acceptors (Lipinski definition) is 4. The van der Waals surface area contributed by atoms with Crippen molar-refractivity contribution in [2.24, 2.45) is 0 Å². The first kappa shape index (κ1) is 18.7. The summed E-state index contributed by atoms with van der Waals surface area (Å²) in [5.74, 6) is -0.0311. The van der Waals surface area contributed by atoms with E-state index in [4.69, 9.17) is 0 Å². The second-order valence-corrected chi connectivity index (χ2v) is 6.52. The first-order valence-electron chi connectivity index (χ1n) is 8.84. The van der Waals surface area contributed by atoms with Crippen LogP contribution in [-0.2, 0) is 6.18 Å². The molecule has 0 saturated heterocycles. The maximum atomic E-state index is 13.1. The molecule has 0 saturated carbocycles. The van der Waals surface area contributed by atoms with Crippen molar-refractivity contribution in [3.05, 3.63) is 95.9 Å². The summed E-state index contributed by atoms with van der Waals surface area (Å²) in [4.78, 5) is 8.33. The summed E-state index contributed by atoms with van der Waals surface area (Å²) in [6, 6.07) is 15.0. The van der Waals surface area contributed by atoms with E-state index in [2.05, 4.69) is 15.3 Å². The van der Waals surface area contributed by atoms with Gasteiger partial charge in [0.25, 0.3) is 0 Å². The lowest BCUT2D eigenvalue weighted by atomic mass is 9.97. The van der Waals surface area contributed by atoms with Crippen LogP contribution >= 0.6 is 0 Å². The predicted molar refractivity (Wildman–Crippen MR) is 105 cm³/mol. The molecule has 2 N–H and O–H groups in total. The minimum atomic E-state index is -4.45. The number of benzene rings is 2. The van der Waals surface area contributed by atoms with Crippen LogP contribution in [0.2, 0.25) is 0 Å². The molecule has 2 aromatic carbocycles. The zero-order valence-corrected chi connectivity index (χ0v) is 15.1. The van der Waals surface area contributed by atoms with Crippen LogP contribution in [0.1, 0.15) is 22.7 Å². The van der Waals surface area contributed by atoms with Crippen molar-refractivity contribution < 1.29 is 18.3 Å². The lowest BCUT2D eigenvalue weighted by Crippen LogP contribution is -2.14. The van der Waals surface area contributed by atoms with Crippen molar-refractivity contribution in [2.75, 3.05) is 5.32 Å². The average Bonchev–Trinajstić information content (AvgIpc) is 2.73. The van der Waals surface area contributed by atoms with Crippen LogP contribution in [0, 0.1) is 0 Å². The minimum Gasteiger partial charge on any atom is -0.505 e.